The highest BCUT2D eigenvalue weighted by Gasteiger charge is 2.20. The minimum absolute atomic E-state index is 0.0175. The number of rotatable bonds is 3. The summed E-state index contributed by atoms with van der Waals surface area (Å²) in [5, 5.41) is 0.670. The van der Waals surface area contributed by atoms with Crippen LogP contribution in [0.1, 0.15) is 16.7 Å². The minimum atomic E-state index is 0.0175. The molecule has 1 amide bonds. The van der Waals surface area contributed by atoms with Gasteiger partial charge in [0.05, 0.1) is 0 Å². The van der Waals surface area contributed by atoms with Crippen molar-refractivity contribution < 1.29 is 9.53 Å². The molecule has 0 bridgehead atoms. The van der Waals surface area contributed by atoms with Gasteiger partial charge in [-0.3, -0.25) is 4.79 Å². The normalized spacial score (nSPS) is 13.6. The first-order chi connectivity index (χ1) is 10.6. The van der Waals surface area contributed by atoms with E-state index in [0.29, 0.717) is 17.3 Å². The Bertz CT molecular complexity index is 699. The van der Waals surface area contributed by atoms with Gasteiger partial charge in [0.1, 0.15) is 5.75 Å². The Kier molecular flexibility index (Phi) is 4.34. The van der Waals surface area contributed by atoms with Crippen LogP contribution < -0.4 is 4.74 Å². The first-order valence-electron chi connectivity index (χ1n) is 7.37. The lowest BCUT2D eigenvalue weighted by Crippen LogP contribution is -2.38. The van der Waals surface area contributed by atoms with Crippen molar-refractivity contribution in [3.8, 4) is 5.75 Å². The van der Waals surface area contributed by atoms with Crippen molar-refractivity contribution >= 4 is 17.5 Å². The Morgan fingerprint density at radius 2 is 2.00 bits per heavy atom. The number of aryl methyl sites for hydroxylation is 1. The van der Waals surface area contributed by atoms with Gasteiger partial charge in [0.15, 0.2) is 6.61 Å². The Hall–Kier alpha value is -2.00. The third kappa shape index (κ3) is 3.25. The van der Waals surface area contributed by atoms with Crippen molar-refractivity contribution in [1.82, 2.24) is 4.90 Å². The molecule has 3 rings (SSSR count). The summed E-state index contributed by atoms with van der Waals surface area (Å²) in [5.74, 6) is 0.721. The van der Waals surface area contributed by atoms with Crippen LogP contribution >= 0.6 is 11.6 Å². The number of amides is 1. The fourth-order valence-electron chi connectivity index (χ4n) is 2.71. The zero-order valence-electron chi connectivity index (χ0n) is 12.5. The fraction of sp³-hybridized carbons (Fsp3) is 0.278. The number of carbonyl (C=O) groups excluding carboxylic acids is 1. The molecule has 0 fully saturated rings. The SMILES string of the molecule is Cc1cc(Cl)ccc1OCC(=O)N1CCc2ccccc2C1. The van der Waals surface area contributed by atoms with Gasteiger partial charge in [-0.1, -0.05) is 35.9 Å². The predicted molar refractivity (Wildman–Crippen MR) is 87.2 cm³/mol. The smallest absolute Gasteiger partial charge is 0.260 e. The molecular formula is C18H18ClNO2. The summed E-state index contributed by atoms with van der Waals surface area (Å²) in [6.07, 6.45) is 0.905. The van der Waals surface area contributed by atoms with Crippen LogP contribution in [0.15, 0.2) is 42.5 Å². The molecule has 114 valence electrons. The summed E-state index contributed by atoms with van der Waals surface area (Å²) >= 11 is 5.92. The lowest BCUT2D eigenvalue weighted by atomic mass is 10.00. The second-order valence-electron chi connectivity index (χ2n) is 5.53. The average molecular weight is 316 g/mol. The molecule has 3 nitrogen and oxygen atoms in total. The van der Waals surface area contributed by atoms with Crippen LogP contribution in [-0.2, 0) is 17.8 Å². The van der Waals surface area contributed by atoms with E-state index in [0.717, 1.165) is 18.5 Å². The highest BCUT2D eigenvalue weighted by atomic mass is 35.5. The lowest BCUT2D eigenvalue weighted by molar-refractivity contribution is -0.134. The van der Waals surface area contributed by atoms with E-state index in [9.17, 15) is 4.79 Å². The summed E-state index contributed by atoms with van der Waals surface area (Å²) < 4.78 is 5.64. The first-order valence-corrected chi connectivity index (χ1v) is 7.75. The number of hydrogen-bond acceptors (Lipinski definition) is 2. The Morgan fingerprint density at radius 1 is 1.23 bits per heavy atom. The van der Waals surface area contributed by atoms with Crippen LogP contribution in [-0.4, -0.2) is 24.0 Å². The molecule has 0 radical (unpaired) electrons. The molecule has 0 saturated carbocycles. The second kappa shape index (κ2) is 6.41. The number of ether oxygens (including phenoxy) is 1. The van der Waals surface area contributed by atoms with Crippen molar-refractivity contribution in [1.29, 1.82) is 0 Å². The average Bonchev–Trinajstić information content (AvgIpc) is 2.53. The molecule has 1 heterocycles. The van der Waals surface area contributed by atoms with Gasteiger partial charge in [0, 0.05) is 18.1 Å². The highest BCUT2D eigenvalue weighted by Crippen LogP contribution is 2.22. The monoisotopic (exact) mass is 315 g/mol. The van der Waals surface area contributed by atoms with E-state index in [4.69, 9.17) is 16.3 Å². The van der Waals surface area contributed by atoms with Crippen molar-refractivity contribution in [2.45, 2.75) is 19.9 Å². The zero-order valence-corrected chi connectivity index (χ0v) is 13.3. The molecule has 0 atom stereocenters. The second-order valence-corrected chi connectivity index (χ2v) is 5.97. The molecule has 22 heavy (non-hydrogen) atoms. The van der Waals surface area contributed by atoms with Crippen LogP contribution in [0.2, 0.25) is 5.02 Å². The zero-order chi connectivity index (χ0) is 15.5. The van der Waals surface area contributed by atoms with E-state index in [-0.39, 0.29) is 12.5 Å². The fourth-order valence-corrected chi connectivity index (χ4v) is 2.94. The topological polar surface area (TPSA) is 29.5 Å². The summed E-state index contributed by atoms with van der Waals surface area (Å²) in [6.45, 7) is 3.39. The minimum Gasteiger partial charge on any atom is -0.483 e. The van der Waals surface area contributed by atoms with E-state index >= 15 is 0 Å². The number of benzene rings is 2. The molecule has 0 N–H and O–H groups in total. The van der Waals surface area contributed by atoms with Gasteiger partial charge < -0.3 is 9.64 Å². The Morgan fingerprint density at radius 3 is 2.77 bits per heavy atom. The molecule has 2 aromatic carbocycles. The van der Waals surface area contributed by atoms with Crippen molar-refractivity contribution in [2.24, 2.45) is 0 Å². The summed E-state index contributed by atoms with van der Waals surface area (Å²) in [6, 6.07) is 13.7. The summed E-state index contributed by atoms with van der Waals surface area (Å²) in [4.78, 5) is 14.2. The summed E-state index contributed by atoms with van der Waals surface area (Å²) in [5.41, 5.74) is 3.50. The van der Waals surface area contributed by atoms with Gasteiger partial charge in [-0.15, -0.1) is 0 Å². The maximum absolute atomic E-state index is 12.3. The van der Waals surface area contributed by atoms with Gasteiger partial charge in [0.25, 0.3) is 5.91 Å². The van der Waals surface area contributed by atoms with Gasteiger partial charge in [-0.25, -0.2) is 0 Å². The van der Waals surface area contributed by atoms with E-state index in [1.807, 2.05) is 30.0 Å². The molecule has 0 unspecified atom stereocenters. The third-order valence-corrected chi connectivity index (χ3v) is 4.21. The Balaban J connectivity index is 1.61. The number of hydrogen-bond donors (Lipinski definition) is 0. The first kappa shape index (κ1) is 14.9. The van der Waals surface area contributed by atoms with E-state index < -0.39 is 0 Å². The van der Waals surface area contributed by atoms with Crippen LogP contribution in [0.4, 0.5) is 0 Å². The molecule has 1 aliphatic rings. The van der Waals surface area contributed by atoms with E-state index in [1.165, 1.54) is 11.1 Å². The molecule has 0 spiro atoms. The van der Waals surface area contributed by atoms with Crippen molar-refractivity contribution in [3.05, 3.63) is 64.2 Å². The van der Waals surface area contributed by atoms with Crippen molar-refractivity contribution in [2.75, 3.05) is 13.2 Å². The quantitative estimate of drug-likeness (QED) is 0.866. The third-order valence-electron chi connectivity index (χ3n) is 3.97. The van der Waals surface area contributed by atoms with E-state index in [1.54, 1.807) is 12.1 Å². The molecule has 0 saturated heterocycles. The number of nitrogens with zero attached hydrogens (tertiary/aromatic N) is 1. The maximum Gasteiger partial charge on any atom is 0.260 e. The number of fused-ring (bicyclic) bond motifs is 1. The molecule has 2 aromatic rings. The molecule has 4 heteroatoms. The standard InChI is InChI=1S/C18H18ClNO2/c1-13-10-16(19)6-7-17(13)22-12-18(21)20-9-8-14-4-2-3-5-15(14)11-20/h2-7,10H,8-9,11-12H2,1H3. The molecule has 0 aromatic heterocycles. The van der Waals surface area contributed by atoms with Gasteiger partial charge >= 0.3 is 0 Å². The summed E-state index contributed by atoms with van der Waals surface area (Å²) in [7, 11) is 0. The lowest BCUT2D eigenvalue weighted by Gasteiger charge is -2.28. The molecule has 1 aliphatic heterocycles. The largest absolute Gasteiger partial charge is 0.483 e. The Labute approximate surface area is 135 Å². The van der Waals surface area contributed by atoms with E-state index in [2.05, 4.69) is 12.1 Å². The maximum atomic E-state index is 12.3. The van der Waals surface area contributed by atoms with Gasteiger partial charge in [-0.2, -0.15) is 0 Å². The number of carbonyl (C=O) groups is 1. The highest BCUT2D eigenvalue weighted by molar-refractivity contribution is 6.30. The van der Waals surface area contributed by atoms with Crippen LogP contribution in [0.3, 0.4) is 0 Å². The molecule has 0 aliphatic carbocycles. The number of halogens is 1. The van der Waals surface area contributed by atoms with Crippen LogP contribution in [0, 0.1) is 6.92 Å². The van der Waals surface area contributed by atoms with Crippen molar-refractivity contribution in [3.63, 3.8) is 0 Å². The van der Waals surface area contributed by atoms with Gasteiger partial charge in [-0.05, 0) is 48.2 Å². The molecular weight excluding hydrogens is 298 g/mol. The predicted octanol–water partition coefficient (Wildman–Crippen LogP) is 3.61. The van der Waals surface area contributed by atoms with Crippen LogP contribution in [0.5, 0.6) is 5.75 Å². The van der Waals surface area contributed by atoms with Crippen LogP contribution in [0.25, 0.3) is 0 Å². The van der Waals surface area contributed by atoms with Gasteiger partial charge in [0.2, 0.25) is 0 Å².